The Bertz CT molecular complexity index is 1010. The Morgan fingerprint density at radius 3 is 3.00 bits per heavy atom. The minimum Gasteiger partial charge on any atom is -0.461 e. The zero-order chi connectivity index (χ0) is 17.3. The van der Waals surface area contributed by atoms with Gasteiger partial charge in [-0.1, -0.05) is 0 Å². The zero-order valence-corrected chi connectivity index (χ0v) is 14.9. The summed E-state index contributed by atoms with van der Waals surface area (Å²) in [6.45, 7) is 2.59. The summed E-state index contributed by atoms with van der Waals surface area (Å²) in [6, 6.07) is 9.94. The van der Waals surface area contributed by atoms with Crippen LogP contribution in [0.1, 0.15) is 17.0 Å². The summed E-state index contributed by atoms with van der Waals surface area (Å²) in [5, 5.41) is 4.17. The van der Waals surface area contributed by atoms with Gasteiger partial charge in [-0.05, 0) is 35.7 Å². The largest absolute Gasteiger partial charge is 0.461 e. The van der Waals surface area contributed by atoms with E-state index in [0.717, 1.165) is 48.8 Å². The first-order valence-corrected chi connectivity index (χ1v) is 9.52. The molecule has 0 N–H and O–H groups in total. The lowest BCUT2D eigenvalue weighted by molar-refractivity contribution is 0.224. The van der Waals surface area contributed by atoms with Crippen molar-refractivity contribution in [2.75, 3.05) is 6.54 Å². The van der Waals surface area contributed by atoms with E-state index in [0.29, 0.717) is 11.6 Å². The molecule has 26 heavy (non-hydrogen) atoms. The van der Waals surface area contributed by atoms with Crippen molar-refractivity contribution >= 4 is 11.3 Å². The van der Waals surface area contributed by atoms with Gasteiger partial charge in [0.05, 0.1) is 18.5 Å². The maximum Gasteiger partial charge on any atom is 0.195 e. The van der Waals surface area contributed by atoms with Crippen LogP contribution < -0.4 is 0 Å². The summed E-state index contributed by atoms with van der Waals surface area (Å²) in [5.41, 5.74) is 3.43. The van der Waals surface area contributed by atoms with Crippen LogP contribution in [0.4, 0.5) is 0 Å². The van der Waals surface area contributed by atoms with E-state index >= 15 is 0 Å². The molecule has 0 spiro atoms. The van der Waals surface area contributed by atoms with E-state index in [4.69, 9.17) is 8.83 Å². The predicted molar refractivity (Wildman–Crippen MR) is 99.6 cm³/mol. The molecule has 0 fully saturated rings. The van der Waals surface area contributed by atoms with Crippen LogP contribution in [0, 0.1) is 0 Å². The third kappa shape index (κ3) is 2.98. The fourth-order valence-electron chi connectivity index (χ4n) is 3.28. The highest BCUT2D eigenvalue weighted by Gasteiger charge is 2.20. The molecule has 5 heterocycles. The molecule has 1 aliphatic rings. The molecule has 4 aromatic heterocycles. The van der Waals surface area contributed by atoms with Gasteiger partial charge in [-0.3, -0.25) is 4.90 Å². The van der Waals surface area contributed by atoms with Gasteiger partial charge in [-0.25, -0.2) is 9.97 Å². The van der Waals surface area contributed by atoms with Gasteiger partial charge in [0.15, 0.2) is 11.6 Å². The average molecular weight is 363 g/mol. The molecule has 130 valence electrons. The van der Waals surface area contributed by atoms with Crippen molar-refractivity contribution in [3.8, 4) is 22.9 Å². The molecule has 0 bridgehead atoms. The van der Waals surface area contributed by atoms with Crippen molar-refractivity contribution in [3.05, 3.63) is 70.6 Å². The lowest BCUT2D eigenvalue weighted by Crippen LogP contribution is -2.30. The highest BCUT2D eigenvalue weighted by molar-refractivity contribution is 7.08. The van der Waals surface area contributed by atoms with Gasteiger partial charge < -0.3 is 8.83 Å². The molecular weight excluding hydrogens is 346 g/mol. The summed E-state index contributed by atoms with van der Waals surface area (Å²) >= 11 is 1.68. The van der Waals surface area contributed by atoms with Crippen molar-refractivity contribution in [2.24, 2.45) is 0 Å². The fraction of sp³-hybridized carbons (Fsp3) is 0.200. The molecule has 1 aliphatic heterocycles. The quantitative estimate of drug-likeness (QED) is 0.530. The number of hydrogen-bond donors (Lipinski definition) is 0. The Labute approximate surface area is 154 Å². The number of thiophene rings is 1. The summed E-state index contributed by atoms with van der Waals surface area (Å²) in [5.74, 6) is 3.30. The summed E-state index contributed by atoms with van der Waals surface area (Å²) in [6.07, 6.45) is 4.47. The van der Waals surface area contributed by atoms with Gasteiger partial charge in [0.1, 0.15) is 11.5 Å². The summed E-state index contributed by atoms with van der Waals surface area (Å²) in [4.78, 5) is 11.5. The normalized spacial score (nSPS) is 14.5. The van der Waals surface area contributed by atoms with Crippen LogP contribution in [-0.4, -0.2) is 21.4 Å². The second-order valence-corrected chi connectivity index (χ2v) is 7.16. The lowest BCUT2D eigenvalue weighted by Gasteiger charge is -2.27. The highest BCUT2D eigenvalue weighted by atomic mass is 32.1. The van der Waals surface area contributed by atoms with Gasteiger partial charge in [0.25, 0.3) is 0 Å². The van der Waals surface area contributed by atoms with Gasteiger partial charge in [0, 0.05) is 42.2 Å². The number of aromatic nitrogens is 2. The van der Waals surface area contributed by atoms with Crippen molar-refractivity contribution in [3.63, 3.8) is 0 Å². The Balaban J connectivity index is 1.30. The van der Waals surface area contributed by atoms with E-state index in [1.54, 1.807) is 17.6 Å². The lowest BCUT2D eigenvalue weighted by atomic mass is 10.1. The smallest absolute Gasteiger partial charge is 0.195 e. The van der Waals surface area contributed by atoms with E-state index in [1.165, 1.54) is 5.56 Å². The number of nitrogens with zero attached hydrogens (tertiary/aromatic N) is 3. The first kappa shape index (κ1) is 15.5. The molecule has 0 atom stereocenters. The fourth-order valence-corrected chi connectivity index (χ4v) is 3.92. The van der Waals surface area contributed by atoms with Crippen LogP contribution in [0.3, 0.4) is 0 Å². The minimum absolute atomic E-state index is 0.661. The molecule has 0 amide bonds. The zero-order valence-electron chi connectivity index (χ0n) is 14.1. The molecule has 5 rings (SSSR count). The Morgan fingerprint density at radius 2 is 2.15 bits per heavy atom. The van der Waals surface area contributed by atoms with Crippen molar-refractivity contribution in [1.29, 1.82) is 0 Å². The van der Waals surface area contributed by atoms with Gasteiger partial charge >= 0.3 is 0 Å². The van der Waals surface area contributed by atoms with Gasteiger partial charge in [-0.2, -0.15) is 11.3 Å². The third-order valence-corrected chi connectivity index (χ3v) is 5.28. The minimum atomic E-state index is 0.661. The number of furan rings is 2. The van der Waals surface area contributed by atoms with E-state index in [-0.39, 0.29) is 0 Å². The van der Waals surface area contributed by atoms with Crippen LogP contribution in [0.5, 0.6) is 0 Å². The van der Waals surface area contributed by atoms with E-state index in [1.807, 2.05) is 24.4 Å². The van der Waals surface area contributed by atoms with Gasteiger partial charge in [0.2, 0.25) is 0 Å². The monoisotopic (exact) mass is 363 g/mol. The SMILES string of the molecule is c1coc(-c2ncc3c(n2)CCN(Cc2ccc(-c4ccsc4)o2)C3)c1. The average Bonchev–Trinajstić information content (AvgIpc) is 3.42. The summed E-state index contributed by atoms with van der Waals surface area (Å²) < 4.78 is 11.4. The van der Waals surface area contributed by atoms with Crippen LogP contribution in [0.25, 0.3) is 22.9 Å². The molecular formula is C20H17N3O2S. The highest BCUT2D eigenvalue weighted by Crippen LogP contribution is 2.26. The number of rotatable bonds is 4. The van der Waals surface area contributed by atoms with Crippen LogP contribution in [-0.2, 0) is 19.5 Å². The van der Waals surface area contributed by atoms with E-state index in [9.17, 15) is 0 Å². The van der Waals surface area contributed by atoms with Crippen LogP contribution in [0.15, 0.2) is 62.4 Å². The topological polar surface area (TPSA) is 55.3 Å². The predicted octanol–water partition coefficient (Wildman–Crippen LogP) is 4.62. The maximum atomic E-state index is 6.01. The molecule has 0 radical (unpaired) electrons. The first-order chi connectivity index (χ1) is 12.8. The molecule has 4 aromatic rings. The molecule has 0 aliphatic carbocycles. The van der Waals surface area contributed by atoms with Crippen molar-refractivity contribution in [1.82, 2.24) is 14.9 Å². The standard InChI is InChI=1S/C20H17N3O2S/c1-2-19(24-8-1)20-21-10-15-11-23(7-5-17(15)22-20)12-16-3-4-18(25-16)14-6-9-26-13-14/h1-4,6,8-10,13H,5,7,11-12H2. The number of hydrogen-bond acceptors (Lipinski definition) is 6. The van der Waals surface area contributed by atoms with E-state index in [2.05, 4.69) is 37.8 Å². The van der Waals surface area contributed by atoms with Crippen LogP contribution in [0.2, 0.25) is 0 Å². The van der Waals surface area contributed by atoms with Crippen molar-refractivity contribution < 1.29 is 8.83 Å². The Kier molecular flexibility index (Phi) is 3.92. The Hall–Kier alpha value is -2.70. The number of fused-ring (bicyclic) bond motifs is 1. The molecule has 6 heteroatoms. The van der Waals surface area contributed by atoms with E-state index < -0.39 is 0 Å². The maximum absolute atomic E-state index is 6.01. The molecule has 0 saturated carbocycles. The third-order valence-electron chi connectivity index (χ3n) is 4.60. The summed E-state index contributed by atoms with van der Waals surface area (Å²) in [7, 11) is 0. The van der Waals surface area contributed by atoms with Crippen LogP contribution >= 0.6 is 11.3 Å². The van der Waals surface area contributed by atoms with Crippen molar-refractivity contribution in [2.45, 2.75) is 19.5 Å². The molecule has 0 saturated heterocycles. The first-order valence-electron chi connectivity index (χ1n) is 8.57. The van der Waals surface area contributed by atoms with Gasteiger partial charge in [-0.15, -0.1) is 0 Å². The molecule has 5 nitrogen and oxygen atoms in total. The second kappa shape index (κ2) is 6.55. The molecule has 0 unspecified atom stereocenters. The molecule has 0 aromatic carbocycles. The second-order valence-electron chi connectivity index (χ2n) is 6.38. The Morgan fingerprint density at radius 1 is 1.15 bits per heavy atom.